The first kappa shape index (κ1) is 10.0. The number of nitriles is 1. The monoisotopic (exact) mass is 237 g/mol. The molecule has 74 valence electrons. The fraction of sp³-hybridized carbons (Fsp3) is 0. The first-order valence-electron chi connectivity index (χ1n) is 4.11. The van der Waals surface area contributed by atoms with E-state index in [1.54, 1.807) is 24.4 Å². The third-order valence-electron chi connectivity index (χ3n) is 1.89. The van der Waals surface area contributed by atoms with E-state index in [4.69, 9.17) is 28.5 Å². The number of hydrogen-bond acceptors (Lipinski definition) is 2. The molecule has 0 aliphatic rings. The van der Waals surface area contributed by atoms with Crippen LogP contribution >= 0.6 is 23.2 Å². The Hall–Kier alpha value is -1.50. The van der Waals surface area contributed by atoms with Gasteiger partial charge in [-0.15, -0.1) is 0 Å². The summed E-state index contributed by atoms with van der Waals surface area (Å²) in [5, 5.41) is 13.6. The van der Waals surface area contributed by atoms with Gasteiger partial charge in [0.2, 0.25) is 0 Å². The van der Waals surface area contributed by atoms with Crippen LogP contribution in [0.2, 0.25) is 10.0 Å². The molecule has 5 heteroatoms. The topological polar surface area (TPSA) is 41.6 Å². The summed E-state index contributed by atoms with van der Waals surface area (Å²) in [7, 11) is 0. The molecule has 2 aromatic rings. The number of benzene rings is 1. The number of nitrogens with zero attached hydrogens (tertiary/aromatic N) is 3. The molecule has 0 saturated heterocycles. The van der Waals surface area contributed by atoms with E-state index >= 15 is 0 Å². The summed E-state index contributed by atoms with van der Waals surface area (Å²) in [6, 6.07) is 7.24. The highest BCUT2D eigenvalue weighted by molar-refractivity contribution is 6.43. The Bertz CT molecular complexity index is 540. The van der Waals surface area contributed by atoms with Crippen LogP contribution in [0.15, 0.2) is 30.6 Å². The molecule has 1 aromatic carbocycles. The first-order valence-corrected chi connectivity index (χ1v) is 4.87. The van der Waals surface area contributed by atoms with Gasteiger partial charge in [0, 0.05) is 6.20 Å². The van der Waals surface area contributed by atoms with Crippen molar-refractivity contribution in [2.24, 2.45) is 0 Å². The smallest absolute Gasteiger partial charge is 0.102 e. The van der Waals surface area contributed by atoms with Crippen molar-refractivity contribution >= 4 is 23.2 Å². The second-order valence-electron chi connectivity index (χ2n) is 2.86. The molecular weight excluding hydrogens is 233 g/mol. The van der Waals surface area contributed by atoms with Gasteiger partial charge in [-0.1, -0.05) is 29.3 Å². The Labute approximate surface area is 96.5 Å². The van der Waals surface area contributed by atoms with Crippen LogP contribution in [-0.4, -0.2) is 9.78 Å². The summed E-state index contributed by atoms with van der Waals surface area (Å²) in [5.74, 6) is 0. The van der Waals surface area contributed by atoms with Gasteiger partial charge in [-0.2, -0.15) is 10.4 Å². The zero-order valence-electron chi connectivity index (χ0n) is 7.48. The van der Waals surface area contributed by atoms with Crippen molar-refractivity contribution in [1.29, 1.82) is 5.26 Å². The van der Waals surface area contributed by atoms with Crippen LogP contribution in [0, 0.1) is 11.3 Å². The Kier molecular flexibility index (Phi) is 2.63. The minimum atomic E-state index is 0.423. The third kappa shape index (κ3) is 1.82. The number of hydrogen-bond donors (Lipinski definition) is 0. The Balaban J connectivity index is 2.55. The van der Waals surface area contributed by atoms with Crippen LogP contribution in [0.25, 0.3) is 5.69 Å². The summed E-state index contributed by atoms with van der Waals surface area (Å²) in [5.41, 5.74) is 1.14. The fourth-order valence-electron chi connectivity index (χ4n) is 1.18. The van der Waals surface area contributed by atoms with Crippen LogP contribution in [0.1, 0.15) is 5.56 Å². The maximum atomic E-state index is 8.66. The van der Waals surface area contributed by atoms with Gasteiger partial charge in [-0.3, -0.25) is 0 Å². The van der Waals surface area contributed by atoms with Crippen molar-refractivity contribution < 1.29 is 0 Å². The van der Waals surface area contributed by atoms with Crippen LogP contribution < -0.4 is 0 Å². The zero-order valence-corrected chi connectivity index (χ0v) is 9.00. The molecule has 1 heterocycles. The SMILES string of the molecule is N#Cc1cnn(-c2cccc(Cl)c2Cl)c1. The minimum absolute atomic E-state index is 0.423. The average molecular weight is 238 g/mol. The summed E-state index contributed by atoms with van der Waals surface area (Å²) in [4.78, 5) is 0. The van der Waals surface area contributed by atoms with E-state index in [1.165, 1.54) is 10.9 Å². The van der Waals surface area contributed by atoms with Crippen molar-refractivity contribution in [2.45, 2.75) is 0 Å². The Morgan fingerprint density at radius 3 is 2.80 bits per heavy atom. The van der Waals surface area contributed by atoms with Crippen molar-refractivity contribution in [1.82, 2.24) is 9.78 Å². The maximum Gasteiger partial charge on any atom is 0.102 e. The van der Waals surface area contributed by atoms with Crippen LogP contribution in [0.3, 0.4) is 0 Å². The number of aromatic nitrogens is 2. The molecular formula is C10H5Cl2N3. The second kappa shape index (κ2) is 3.93. The third-order valence-corrected chi connectivity index (χ3v) is 2.70. The van der Waals surface area contributed by atoms with Crippen molar-refractivity contribution in [2.75, 3.05) is 0 Å². The summed E-state index contributed by atoms with van der Waals surface area (Å²) in [6.07, 6.45) is 3.06. The molecule has 0 fully saturated rings. The van der Waals surface area contributed by atoms with Crippen LogP contribution in [-0.2, 0) is 0 Å². The van der Waals surface area contributed by atoms with E-state index in [1.807, 2.05) is 6.07 Å². The standard InChI is InChI=1S/C10H5Cl2N3/c11-8-2-1-3-9(10(8)12)15-6-7(4-13)5-14-15/h1-3,5-6H. The molecule has 15 heavy (non-hydrogen) atoms. The van der Waals surface area contributed by atoms with Gasteiger partial charge >= 0.3 is 0 Å². The molecule has 0 N–H and O–H groups in total. The minimum Gasteiger partial charge on any atom is -0.238 e. The highest BCUT2D eigenvalue weighted by Gasteiger charge is 2.07. The number of halogens is 2. The molecule has 2 rings (SSSR count). The highest BCUT2D eigenvalue weighted by Crippen LogP contribution is 2.27. The van der Waals surface area contributed by atoms with E-state index < -0.39 is 0 Å². The molecule has 0 atom stereocenters. The van der Waals surface area contributed by atoms with Crippen LogP contribution in [0.5, 0.6) is 0 Å². The van der Waals surface area contributed by atoms with Crippen LogP contribution in [0.4, 0.5) is 0 Å². The zero-order chi connectivity index (χ0) is 10.8. The fourth-order valence-corrected chi connectivity index (χ4v) is 1.56. The van der Waals surface area contributed by atoms with Gasteiger partial charge in [0.1, 0.15) is 6.07 Å². The quantitative estimate of drug-likeness (QED) is 0.766. The Morgan fingerprint density at radius 2 is 2.13 bits per heavy atom. The van der Waals surface area contributed by atoms with Gasteiger partial charge in [0.25, 0.3) is 0 Å². The molecule has 0 amide bonds. The second-order valence-corrected chi connectivity index (χ2v) is 3.64. The van der Waals surface area contributed by atoms with Gasteiger partial charge in [-0.25, -0.2) is 4.68 Å². The normalized spacial score (nSPS) is 9.93. The van der Waals surface area contributed by atoms with Crippen molar-refractivity contribution in [3.63, 3.8) is 0 Å². The van der Waals surface area contributed by atoms with Crippen molar-refractivity contribution in [3.8, 4) is 11.8 Å². The van der Waals surface area contributed by atoms with E-state index in [0.29, 0.717) is 21.3 Å². The molecule has 0 aliphatic carbocycles. The lowest BCUT2D eigenvalue weighted by Crippen LogP contribution is -1.95. The predicted molar refractivity (Wildman–Crippen MR) is 58.3 cm³/mol. The lowest BCUT2D eigenvalue weighted by molar-refractivity contribution is 0.881. The lowest BCUT2D eigenvalue weighted by Gasteiger charge is -2.04. The van der Waals surface area contributed by atoms with Gasteiger partial charge in [0.15, 0.2) is 0 Å². The molecule has 0 saturated carbocycles. The molecule has 3 nitrogen and oxygen atoms in total. The van der Waals surface area contributed by atoms with Gasteiger partial charge in [-0.05, 0) is 12.1 Å². The molecule has 0 bridgehead atoms. The van der Waals surface area contributed by atoms with Crippen molar-refractivity contribution in [3.05, 3.63) is 46.2 Å². The molecule has 0 spiro atoms. The molecule has 0 radical (unpaired) electrons. The Morgan fingerprint density at radius 1 is 1.33 bits per heavy atom. The van der Waals surface area contributed by atoms with E-state index in [2.05, 4.69) is 5.10 Å². The molecule has 0 unspecified atom stereocenters. The van der Waals surface area contributed by atoms with E-state index in [-0.39, 0.29) is 0 Å². The maximum absolute atomic E-state index is 8.66. The average Bonchev–Trinajstić information content (AvgIpc) is 2.70. The molecule has 1 aromatic heterocycles. The highest BCUT2D eigenvalue weighted by atomic mass is 35.5. The summed E-state index contributed by atoms with van der Waals surface area (Å²) in [6.45, 7) is 0. The van der Waals surface area contributed by atoms with E-state index in [0.717, 1.165) is 0 Å². The summed E-state index contributed by atoms with van der Waals surface area (Å²) < 4.78 is 1.52. The molecule has 0 aliphatic heterocycles. The largest absolute Gasteiger partial charge is 0.238 e. The van der Waals surface area contributed by atoms with Gasteiger partial charge in [0.05, 0.1) is 27.5 Å². The number of rotatable bonds is 1. The summed E-state index contributed by atoms with van der Waals surface area (Å²) >= 11 is 11.9. The van der Waals surface area contributed by atoms with E-state index in [9.17, 15) is 0 Å². The lowest BCUT2D eigenvalue weighted by atomic mass is 10.3. The first-order chi connectivity index (χ1) is 7.22. The predicted octanol–water partition coefficient (Wildman–Crippen LogP) is 3.05. The van der Waals surface area contributed by atoms with Gasteiger partial charge < -0.3 is 0 Å².